The molecule has 3 rings (SSSR count). The number of rotatable bonds is 6. The number of ether oxygens (including phenoxy) is 1. The van der Waals surface area contributed by atoms with Crippen molar-refractivity contribution in [2.75, 3.05) is 17.7 Å². The SMILES string of the molecule is CCOC(=O)c1c(NC(=O)CSc2nncn2C)sc2c1CCCCC2. The van der Waals surface area contributed by atoms with Gasteiger partial charge in [0.25, 0.3) is 0 Å². The Bertz CT molecular complexity index is 800. The van der Waals surface area contributed by atoms with Gasteiger partial charge >= 0.3 is 5.97 Å². The molecule has 2 aromatic rings. The molecule has 0 saturated carbocycles. The summed E-state index contributed by atoms with van der Waals surface area (Å²) < 4.78 is 7.00. The van der Waals surface area contributed by atoms with Crippen molar-refractivity contribution in [3.05, 3.63) is 22.3 Å². The van der Waals surface area contributed by atoms with Crippen LogP contribution in [-0.4, -0.2) is 39.0 Å². The van der Waals surface area contributed by atoms with Crippen molar-refractivity contribution < 1.29 is 14.3 Å². The Morgan fingerprint density at radius 3 is 2.88 bits per heavy atom. The molecular weight excluding hydrogens is 372 g/mol. The molecule has 7 nitrogen and oxygen atoms in total. The topological polar surface area (TPSA) is 86.1 Å². The van der Waals surface area contributed by atoms with Gasteiger partial charge in [-0.2, -0.15) is 0 Å². The fourth-order valence-corrected chi connectivity index (χ4v) is 4.93. The van der Waals surface area contributed by atoms with Crippen LogP contribution in [0, 0.1) is 0 Å². The number of hydrogen-bond acceptors (Lipinski definition) is 7. The second-order valence-corrected chi connectivity index (χ2v) is 8.10. The fourth-order valence-electron chi connectivity index (χ4n) is 2.95. The lowest BCUT2D eigenvalue weighted by Gasteiger charge is -2.08. The second kappa shape index (κ2) is 8.68. The van der Waals surface area contributed by atoms with Gasteiger partial charge in [0.1, 0.15) is 11.3 Å². The smallest absolute Gasteiger partial charge is 0.341 e. The molecule has 0 fully saturated rings. The van der Waals surface area contributed by atoms with Gasteiger partial charge in [0.15, 0.2) is 5.16 Å². The van der Waals surface area contributed by atoms with Gasteiger partial charge in [0.05, 0.1) is 17.9 Å². The average molecular weight is 395 g/mol. The number of thiophene rings is 1. The summed E-state index contributed by atoms with van der Waals surface area (Å²) >= 11 is 2.82. The molecule has 2 heterocycles. The van der Waals surface area contributed by atoms with Gasteiger partial charge in [0, 0.05) is 11.9 Å². The molecule has 0 bridgehead atoms. The maximum Gasteiger partial charge on any atom is 0.341 e. The van der Waals surface area contributed by atoms with Crippen LogP contribution >= 0.6 is 23.1 Å². The van der Waals surface area contributed by atoms with Crippen molar-refractivity contribution in [2.24, 2.45) is 7.05 Å². The number of thioether (sulfide) groups is 1. The number of nitrogens with zero attached hydrogens (tertiary/aromatic N) is 3. The molecule has 1 amide bonds. The summed E-state index contributed by atoms with van der Waals surface area (Å²) in [4.78, 5) is 26.1. The minimum atomic E-state index is -0.344. The van der Waals surface area contributed by atoms with Gasteiger partial charge in [-0.3, -0.25) is 4.79 Å². The average Bonchev–Trinajstić information content (AvgIpc) is 3.08. The normalized spacial score (nSPS) is 13.8. The van der Waals surface area contributed by atoms with Gasteiger partial charge in [-0.15, -0.1) is 21.5 Å². The molecule has 140 valence electrons. The first-order valence-electron chi connectivity index (χ1n) is 8.68. The lowest BCUT2D eigenvalue weighted by molar-refractivity contribution is -0.113. The molecule has 26 heavy (non-hydrogen) atoms. The van der Waals surface area contributed by atoms with Crippen LogP contribution in [0.4, 0.5) is 5.00 Å². The summed E-state index contributed by atoms with van der Waals surface area (Å²) in [6.07, 6.45) is 6.76. The van der Waals surface area contributed by atoms with E-state index in [1.54, 1.807) is 17.8 Å². The summed E-state index contributed by atoms with van der Waals surface area (Å²) in [5, 5.41) is 11.9. The minimum Gasteiger partial charge on any atom is -0.462 e. The van der Waals surface area contributed by atoms with E-state index < -0.39 is 0 Å². The van der Waals surface area contributed by atoms with E-state index in [-0.39, 0.29) is 17.6 Å². The van der Waals surface area contributed by atoms with Crippen molar-refractivity contribution >= 4 is 40.0 Å². The van der Waals surface area contributed by atoms with Crippen molar-refractivity contribution in [1.82, 2.24) is 14.8 Å². The summed E-state index contributed by atoms with van der Waals surface area (Å²) in [5.41, 5.74) is 1.60. The Kier molecular flexibility index (Phi) is 6.31. The zero-order valence-electron chi connectivity index (χ0n) is 14.9. The lowest BCUT2D eigenvalue weighted by Crippen LogP contribution is -2.17. The minimum absolute atomic E-state index is 0.167. The fraction of sp³-hybridized carbons (Fsp3) is 0.529. The molecule has 9 heteroatoms. The highest BCUT2D eigenvalue weighted by atomic mass is 32.2. The molecular formula is C17H22N4O3S2. The van der Waals surface area contributed by atoms with E-state index in [0.717, 1.165) is 31.2 Å². The Balaban J connectivity index is 1.76. The first-order valence-corrected chi connectivity index (χ1v) is 10.5. The van der Waals surface area contributed by atoms with Crippen LogP contribution in [0.2, 0.25) is 0 Å². The molecule has 0 aliphatic heterocycles. The molecule has 1 aliphatic rings. The predicted octanol–water partition coefficient (Wildman–Crippen LogP) is 3.05. The highest BCUT2D eigenvalue weighted by Gasteiger charge is 2.26. The first-order chi connectivity index (χ1) is 12.6. The van der Waals surface area contributed by atoms with Crippen LogP contribution in [0.5, 0.6) is 0 Å². The van der Waals surface area contributed by atoms with Gasteiger partial charge in [0.2, 0.25) is 5.91 Å². The third kappa shape index (κ3) is 4.27. The van der Waals surface area contributed by atoms with E-state index in [0.29, 0.717) is 22.3 Å². The van der Waals surface area contributed by atoms with Crippen molar-refractivity contribution in [2.45, 2.75) is 44.2 Å². The summed E-state index contributed by atoms with van der Waals surface area (Å²) in [6.45, 7) is 2.11. The molecule has 0 radical (unpaired) electrons. The molecule has 2 aromatic heterocycles. The van der Waals surface area contributed by atoms with Gasteiger partial charge in [-0.05, 0) is 38.2 Å². The largest absolute Gasteiger partial charge is 0.462 e. The van der Waals surface area contributed by atoms with E-state index >= 15 is 0 Å². The molecule has 1 N–H and O–H groups in total. The number of carbonyl (C=O) groups excluding carboxylic acids is 2. The van der Waals surface area contributed by atoms with Gasteiger partial charge in [-0.25, -0.2) is 4.79 Å². The van der Waals surface area contributed by atoms with Crippen molar-refractivity contribution in [3.63, 3.8) is 0 Å². The quantitative estimate of drug-likeness (QED) is 0.460. The van der Waals surface area contributed by atoms with Crippen molar-refractivity contribution in [3.8, 4) is 0 Å². The summed E-state index contributed by atoms with van der Waals surface area (Å²) in [6, 6.07) is 0. The number of hydrogen-bond donors (Lipinski definition) is 1. The third-order valence-electron chi connectivity index (χ3n) is 4.16. The second-order valence-electron chi connectivity index (χ2n) is 6.05. The highest BCUT2D eigenvalue weighted by Crippen LogP contribution is 2.38. The molecule has 0 aromatic carbocycles. The Morgan fingerprint density at radius 2 is 2.15 bits per heavy atom. The standard InChI is InChI=1S/C17H22N4O3S2/c1-3-24-16(23)14-11-7-5-4-6-8-12(11)26-15(14)19-13(22)9-25-17-20-18-10-21(17)2/h10H,3-9H2,1-2H3,(H,19,22). The third-order valence-corrected chi connectivity index (χ3v) is 6.40. The van der Waals surface area contributed by atoms with Crippen LogP contribution in [0.25, 0.3) is 0 Å². The number of amides is 1. The monoisotopic (exact) mass is 394 g/mol. The zero-order chi connectivity index (χ0) is 18.5. The zero-order valence-corrected chi connectivity index (χ0v) is 16.5. The summed E-state index contributed by atoms with van der Waals surface area (Å²) in [5.74, 6) is -0.305. The van der Waals surface area contributed by atoms with Gasteiger partial charge in [-0.1, -0.05) is 18.2 Å². The number of aryl methyl sites for hydroxylation is 2. The van der Waals surface area contributed by atoms with Crippen LogP contribution in [0.1, 0.15) is 47.0 Å². The number of aromatic nitrogens is 3. The molecule has 1 aliphatic carbocycles. The Hall–Kier alpha value is -1.87. The molecule has 0 unspecified atom stereocenters. The van der Waals surface area contributed by atoms with E-state index in [1.807, 2.05) is 7.05 Å². The maximum atomic E-state index is 12.5. The first kappa shape index (κ1) is 18.9. The number of esters is 1. The Morgan fingerprint density at radius 1 is 1.35 bits per heavy atom. The van der Waals surface area contributed by atoms with Crippen LogP contribution < -0.4 is 5.32 Å². The molecule has 0 atom stereocenters. The molecule has 0 spiro atoms. The Labute approximate surface area is 160 Å². The maximum absolute atomic E-state index is 12.5. The van der Waals surface area contributed by atoms with Crippen molar-refractivity contribution in [1.29, 1.82) is 0 Å². The van der Waals surface area contributed by atoms with E-state index in [2.05, 4.69) is 15.5 Å². The van der Waals surface area contributed by atoms with Crippen LogP contribution in [-0.2, 0) is 29.4 Å². The van der Waals surface area contributed by atoms with Gasteiger partial charge < -0.3 is 14.6 Å². The highest BCUT2D eigenvalue weighted by molar-refractivity contribution is 7.99. The number of anilines is 1. The predicted molar refractivity (Wildman–Crippen MR) is 102 cm³/mol. The molecule has 0 saturated heterocycles. The number of nitrogens with one attached hydrogen (secondary N) is 1. The van der Waals surface area contributed by atoms with E-state index in [4.69, 9.17) is 4.74 Å². The lowest BCUT2D eigenvalue weighted by atomic mass is 10.1. The van der Waals surface area contributed by atoms with E-state index in [1.165, 1.54) is 34.4 Å². The van der Waals surface area contributed by atoms with Crippen LogP contribution in [0.15, 0.2) is 11.5 Å². The van der Waals surface area contributed by atoms with E-state index in [9.17, 15) is 9.59 Å². The van der Waals surface area contributed by atoms with Crippen LogP contribution in [0.3, 0.4) is 0 Å². The summed E-state index contributed by atoms with van der Waals surface area (Å²) in [7, 11) is 1.83. The number of fused-ring (bicyclic) bond motifs is 1. The number of carbonyl (C=O) groups is 2.